The van der Waals surface area contributed by atoms with Crippen LogP contribution in [0.15, 0.2) is 24.3 Å². The lowest BCUT2D eigenvalue weighted by atomic mass is 9.97. The van der Waals surface area contributed by atoms with E-state index in [9.17, 15) is 0 Å². The first-order chi connectivity index (χ1) is 8.76. The Labute approximate surface area is 110 Å². The Bertz CT molecular complexity index is 346. The molecule has 3 nitrogen and oxygen atoms in total. The fourth-order valence-corrected chi connectivity index (χ4v) is 2.22. The molecule has 0 spiro atoms. The molecule has 1 saturated heterocycles. The van der Waals surface area contributed by atoms with Crippen molar-refractivity contribution in [2.45, 2.75) is 38.6 Å². The van der Waals surface area contributed by atoms with Gasteiger partial charge in [-0.3, -0.25) is 4.79 Å². The van der Waals surface area contributed by atoms with Gasteiger partial charge in [0, 0.05) is 6.04 Å². The van der Waals surface area contributed by atoms with Crippen molar-refractivity contribution in [1.29, 1.82) is 0 Å². The Kier molecular flexibility index (Phi) is 7.11. The van der Waals surface area contributed by atoms with E-state index in [0.717, 1.165) is 0 Å². The normalized spacial score (nSPS) is 18.4. The summed E-state index contributed by atoms with van der Waals surface area (Å²) in [6, 6.07) is 9.58. The van der Waals surface area contributed by atoms with Crippen LogP contribution in [0.4, 0.5) is 0 Å². The zero-order valence-electron chi connectivity index (χ0n) is 11.3. The summed E-state index contributed by atoms with van der Waals surface area (Å²) in [6.45, 7) is 3.74. The summed E-state index contributed by atoms with van der Waals surface area (Å²) in [7, 11) is 1.31. The molecule has 0 radical (unpaired) electrons. The van der Waals surface area contributed by atoms with E-state index in [1.54, 1.807) is 0 Å². The van der Waals surface area contributed by atoms with Crippen molar-refractivity contribution in [3.05, 3.63) is 35.4 Å². The number of hydrogen-bond donors (Lipinski definition) is 1. The SMILES string of the molecule is COC=O.Cc1cccc(C[C@@H]2CCCCN2)c1. The zero-order valence-corrected chi connectivity index (χ0v) is 11.3. The van der Waals surface area contributed by atoms with Gasteiger partial charge in [0.15, 0.2) is 0 Å². The van der Waals surface area contributed by atoms with Crippen LogP contribution in [0.1, 0.15) is 30.4 Å². The van der Waals surface area contributed by atoms with Crippen LogP contribution in [0.25, 0.3) is 0 Å². The van der Waals surface area contributed by atoms with Gasteiger partial charge in [-0.05, 0) is 38.3 Å². The van der Waals surface area contributed by atoms with E-state index in [0.29, 0.717) is 12.5 Å². The van der Waals surface area contributed by atoms with Crippen LogP contribution in [0, 0.1) is 6.92 Å². The number of hydrogen-bond acceptors (Lipinski definition) is 3. The van der Waals surface area contributed by atoms with Crippen molar-refractivity contribution in [3.8, 4) is 0 Å². The average Bonchev–Trinajstić information content (AvgIpc) is 2.40. The maximum atomic E-state index is 8.95. The van der Waals surface area contributed by atoms with Gasteiger partial charge in [-0.2, -0.15) is 0 Å². The van der Waals surface area contributed by atoms with E-state index in [1.807, 2.05) is 0 Å². The van der Waals surface area contributed by atoms with Crippen molar-refractivity contribution in [3.63, 3.8) is 0 Å². The molecule has 1 N–H and O–H groups in total. The Morgan fingerprint density at radius 1 is 1.44 bits per heavy atom. The van der Waals surface area contributed by atoms with Gasteiger partial charge in [-0.15, -0.1) is 0 Å². The molecule has 0 saturated carbocycles. The zero-order chi connectivity index (χ0) is 13.2. The first-order valence-electron chi connectivity index (χ1n) is 6.51. The summed E-state index contributed by atoms with van der Waals surface area (Å²) < 4.78 is 3.86. The summed E-state index contributed by atoms with van der Waals surface area (Å²) in [5.74, 6) is 0. The second-order valence-corrected chi connectivity index (χ2v) is 4.67. The average molecular weight is 249 g/mol. The third-order valence-electron chi connectivity index (χ3n) is 3.07. The second kappa shape index (κ2) is 8.70. The lowest BCUT2D eigenvalue weighted by Crippen LogP contribution is -2.35. The molecule has 1 aromatic carbocycles. The van der Waals surface area contributed by atoms with Crippen LogP contribution in [-0.4, -0.2) is 26.2 Å². The van der Waals surface area contributed by atoms with E-state index in [2.05, 4.69) is 41.2 Å². The lowest BCUT2D eigenvalue weighted by molar-refractivity contribution is -0.126. The molecule has 100 valence electrons. The summed E-state index contributed by atoms with van der Waals surface area (Å²) in [5.41, 5.74) is 2.85. The summed E-state index contributed by atoms with van der Waals surface area (Å²) in [4.78, 5) is 8.95. The minimum Gasteiger partial charge on any atom is -0.471 e. The summed E-state index contributed by atoms with van der Waals surface area (Å²) >= 11 is 0. The minimum atomic E-state index is 0.375. The van der Waals surface area contributed by atoms with Crippen molar-refractivity contribution in [1.82, 2.24) is 5.32 Å². The van der Waals surface area contributed by atoms with E-state index >= 15 is 0 Å². The first-order valence-corrected chi connectivity index (χ1v) is 6.51. The van der Waals surface area contributed by atoms with Gasteiger partial charge < -0.3 is 10.1 Å². The number of rotatable bonds is 3. The molecule has 0 aliphatic carbocycles. The number of nitrogens with one attached hydrogen (secondary N) is 1. The molecular formula is C15H23NO2. The second-order valence-electron chi connectivity index (χ2n) is 4.67. The number of methoxy groups -OCH3 is 1. The number of benzene rings is 1. The van der Waals surface area contributed by atoms with Crippen molar-refractivity contribution >= 4 is 6.47 Å². The van der Waals surface area contributed by atoms with Gasteiger partial charge in [0.05, 0.1) is 7.11 Å². The molecule has 0 unspecified atom stereocenters. The molecule has 2 rings (SSSR count). The molecule has 1 aromatic rings. The highest BCUT2D eigenvalue weighted by Crippen LogP contribution is 2.13. The molecular weight excluding hydrogens is 226 g/mol. The van der Waals surface area contributed by atoms with Gasteiger partial charge >= 0.3 is 0 Å². The largest absolute Gasteiger partial charge is 0.471 e. The summed E-state index contributed by atoms with van der Waals surface area (Å²) in [5, 5.41) is 3.59. The highest BCUT2D eigenvalue weighted by atomic mass is 16.5. The van der Waals surface area contributed by atoms with Gasteiger partial charge in [0.1, 0.15) is 0 Å². The van der Waals surface area contributed by atoms with Crippen molar-refractivity contribution in [2.24, 2.45) is 0 Å². The Morgan fingerprint density at radius 3 is 2.78 bits per heavy atom. The molecule has 0 aromatic heterocycles. The highest BCUT2D eigenvalue weighted by Gasteiger charge is 2.12. The summed E-state index contributed by atoms with van der Waals surface area (Å²) in [6.07, 6.45) is 5.28. The quantitative estimate of drug-likeness (QED) is 0.836. The maximum absolute atomic E-state index is 8.95. The number of piperidine rings is 1. The molecule has 1 heterocycles. The fraction of sp³-hybridized carbons (Fsp3) is 0.533. The molecule has 1 fully saturated rings. The monoisotopic (exact) mass is 249 g/mol. The number of carbonyl (C=O) groups is 1. The van der Waals surface area contributed by atoms with Crippen LogP contribution in [0.3, 0.4) is 0 Å². The maximum Gasteiger partial charge on any atom is 0.292 e. The standard InChI is InChI=1S/C13H19N.C2H4O2/c1-11-5-4-6-12(9-11)10-13-7-2-3-8-14-13;1-4-2-3/h4-6,9,13-14H,2-3,7-8,10H2,1H3;2H,1H3/t13-;/m0./s1. The number of ether oxygens (including phenoxy) is 1. The lowest BCUT2D eigenvalue weighted by Gasteiger charge is -2.23. The van der Waals surface area contributed by atoms with E-state index in [-0.39, 0.29) is 0 Å². The molecule has 0 amide bonds. The van der Waals surface area contributed by atoms with Crippen LogP contribution >= 0.6 is 0 Å². The topological polar surface area (TPSA) is 38.3 Å². The molecule has 1 atom stereocenters. The highest BCUT2D eigenvalue weighted by molar-refractivity contribution is 5.36. The number of aryl methyl sites for hydroxylation is 1. The van der Waals surface area contributed by atoms with Crippen LogP contribution in [0.2, 0.25) is 0 Å². The van der Waals surface area contributed by atoms with Crippen molar-refractivity contribution in [2.75, 3.05) is 13.7 Å². The van der Waals surface area contributed by atoms with Crippen LogP contribution < -0.4 is 5.32 Å². The third-order valence-corrected chi connectivity index (χ3v) is 3.07. The predicted molar refractivity (Wildman–Crippen MR) is 73.6 cm³/mol. The molecule has 1 aliphatic heterocycles. The van der Waals surface area contributed by atoms with Crippen LogP contribution in [-0.2, 0) is 16.0 Å². The third kappa shape index (κ3) is 5.82. The van der Waals surface area contributed by atoms with E-state index in [4.69, 9.17) is 4.79 Å². The molecule has 1 aliphatic rings. The minimum absolute atomic E-state index is 0.375. The Morgan fingerprint density at radius 2 is 2.22 bits per heavy atom. The Balaban J connectivity index is 0.000000357. The smallest absolute Gasteiger partial charge is 0.292 e. The van der Waals surface area contributed by atoms with Gasteiger partial charge in [-0.25, -0.2) is 0 Å². The number of carbonyl (C=O) groups excluding carboxylic acids is 1. The molecule has 18 heavy (non-hydrogen) atoms. The fourth-order valence-electron chi connectivity index (χ4n) is 2.22. The van der Waals surface area contributed by atoms with E-state index in [1.165, 1.54) is 50.5 Å². The predicted octanol–water partition coefficient (Wildman–Crippen LogP) is 2.47. The van der Waals surface area contributed by atoms with Gasteiger partial charge in [0.2, 0.25) is 0 Å². The van der Waals surface area contributed by atoms with Gasteiger partial charge in [-0.1, -0.05) is 36.2 Å². The van der Waals surface area contributed by atoms with Gasteiger partial charge in [0.25, 0.3) is 6.47 Å². The first kappa shape index (κ1) is 14.7. The van der Waals surface area contributed by atoms with Crippen LogP contribution in [0.5, 0.6) is 0 Å². The van der Waals surface area contributed by atoms with Crippen molar-refractivity contribution < 1.29 is 9.53 Å². The molecule has 3 heteroatoms. The molecule has 0 bridgehead atoms. The Hall–Kier alpha value is -1.35. The van der Waals surface area contributed by atoms with E-state index < -0.39 is 0 Å².